The maximum Gasteiger partial charge on any atom is 1.00 e. The molecule has 0 N–H and O–H groups in total. The zero-order chi connectivity index (χ0) is 17.1. The van der Waals surface area contributed by atoms with Gasteiger partial charge in [0, 0.05) is 6.08 Å². The Morgan fingerprint density at radius 2 is 0.760 bits per heavy atom. The quantitative estimate of drug-likeness (QED) is 0.158. The van der Waals surface area contributed by atoms with Gasteiger partial charge in [0.2, 0.25) is 0 Å². The SMILES string of the molecule is CC[S-].CC[S-].CC[S-].CC[S-].CC[S-].[C]1=C=CC#C1.[Hg+].[Hg+].[Hg+].[Hg+].[Hg+]. The fourth-order valence-electron chi connectivity index (χ4n) is 0.180. The van der Waals surface area contributed by atoms with E-state index in [2.05, 4.69) is 86.8 Å². The predicted molar refractivity (Wildman–Crippen MR) is 109 cm³/mol. The molecule has 25 heavy (non-hydrogen) atoms. The van der Waals surface area contributed by atoms with Crippen LogP contribution in [0.2, 0.25) is 0 Å². The van der Waals surface area contributed by atoms with E-state index >= 15 is 0 Å². The third kappa shape index (κ3) is 202. The smallest absolute Gasteiger partial charge is 0.793 e. The van der Waals surface area contributed by atoms with Gasteiger partial charge < -0.3 is 63.1 Å². The second kappa shape index (κ2) is 99.7. The van der Waals surface area contributed by atoms with Gasteiger partial charge in [0.15, 0.2) is 0 Å². The van der Waals surface area contributed by atoms with Crippen LogP contribution in [-0.2, 0) is 201 Å². The molecule has 0 aromatic heterocycles. The number of hydrogen-bond acceptors (Lipinski definition) is 5. The number of rotatable bonds is 0. The monoisotopic (exact) mass is 1380 g/mol. The average molecular weight is 1370 g/mol. The maximum absolute atomic E-state index is 4.39. The van der Waals surface area contributed by atoms with E-state index in [4.69, 9.17) is 0 Å². The van der Waals surface area contributed by atoms with Gasteiger partial charge in [0.05, 0.1) is 6.08 Å². The Bertz CT molecular complexity index is 204. The summed E-state index contributed by atoms with van der Waals surface area (Å²) < 4.78 is 0. The predicted octanol–water partition coefficient (Wildman–Crippen LogP) is 3.27. The van der Waals surface area contributed by atoms with Crippen LogP contribution in [0, 0.1) is 17.9 Å². The van der Waals surface area contributed by atoms with Crippen molar-refractivity contribution >= 4 is 63.1 Å². The van der Waals surface area contributed by atoms with Crippen molar-refractivity contribution in [2.45, 2.75) is 34.6 Å². The van der Waals surface area contributed by atoms with Gasteiger partial charge in [0.1, 0.15) is 0 Å². The van der Waals surface area contributed by atoms with E-state index in [0.29, 0.717) is 0 Å². The molecule has 0 aromatic rings. The van der Waals surface area contributed by atoms with Gasteiger partial charge in [-0.2, -0.15) is 28.8 Å². The van der Waals surface area contributed by atoms with Gasteiger partial charge in [-0.3, -0.25) is 0 Å². The fraction of sp³-hybridized carbons (Fsp3) is 0.667. The third-order valence-electron chi connectivity index (χ3n) is 0.351. The van der Waals surface area contributed by atoms with Gasteiger partial charge in [-0.05, 0) is 0 Å². The van der Waals surface area contributed by atoms with Crippen LogP contribution in [0.25, 0.3) is 0 Å². The van der Waals surface area contributed by atoms with Crippen molar-refractivity contribution in [3.8, 4) is 11.8 Å². The van der Waals surface area contributed by atoms with Gasteiger partial charge in [0.25, 0.3) is 0 Å². The molecule has 0 amide bonds. The molecular weight excluding hydrogens is 1340 g/mol. The summed E-state index contributed by atoms with van der Waals surface area (Å²) in [6.45, 7) is 9.70. The van der Waals surface area contributed by atoms with Crippen LogP contribution in [0.4, 0.5) is 0 Å². The molecule has 0 bridgehead atoms. The summed E-state index contributed by atoms with van der Waals surface area (Å²) in [7, 11) is 0. The van der Waals surface area contributed by atoms with Crippen LogP contribution in [0.1, 0.15) is 34.6 Å². The zero-order valence-corrected chi connectivity index (χ0v) is 48.3. The van der Waals surface area contributed by atoms with Crippen molar-refractivity contribution in [2.75, 3.05) is 28.8 Å². The van der Waals surface area contributed by atoms with Crippen LogP contribution in [0.3, 0.4) is 0 Å². The molecule has 1 rings (SSSR count). The van der Waals surface area contributed by atoms with E-state index in [0.717, 1.165) is 28.8 Å². The van der Waals surface area contributed by atoms with Crippen LogP contribution in [-0.4, -0.2) is 28.8 Å². The van der Waals surface area contributed by atoms with Crippen molar-refractivity contribution in [1.82, 2.24) is 0 Å². The molecule has 1 aliphatic rings. The molecule has 126 valence electrons. The molecule has 6 radical (unpaired) electrons. The topological polar surface area (TPSA) is 0 Å². The molecular formula is C15H26Hg5S5. The molecule has 0 unspecified atom stereocenters. The minimum atomic E-state index is 0. The zero-order valence-electron chi connectivity index (χ0n) is 16.7. The molecule has 10 heteroatoms. The molecule has 0 aromatic carbocycles. The van der Waals surface area contributed by atoms with Crippen molar-refractivity contribution in [2.24, 2.45) is 0 Å². The van der Waals surface area contributed by atoms with E-state index < -0.39 is 0 Å². The van der Waals surface area contributed by atoms with E-state index in [9.17, 15) is 0 Å². The van der Waals surface area contributed by atoms with Crippen LogP contribution in [0.15, 0.2) is 11.8 Å². The van der Waals surface area contributed by atoms with E-state index in [1.165, 1.54) is 0 Å². The molecule has 0 saturated heterocycles. The first-order chi connectivity index (χ1) is 9.57. The van der Waals surface area contributed by atoms with Crippen LogP contribution in [0.5, 0.6) is 0 Å². The first-order valence-corrected chi connectivity index (χ1v) is 9.19. The first-order valence-electron chi connectivity index (χ1n) is 6.31. The molecule has 0 nitrogen and oxygen atoms in total. The Hall–Kier alpha value is 5.51. The standard InChI is InChI=1S/C5H.5C2H6S.5Hg/c1-2-4-5-3-1;5*1-2-3;;;;;/h1H;5*3H,2H2,1H3;;;;;/q;;;;;;5*+1/p-5. The van der Waals surface area contributed by atoms with E-state index in [1.54, 1.807) is 6.08 Å². The van der Waals surface area contributed by atoms with Gasteiger partial charge >= 0.3 is 138 Å². The minimum absolute atomic E-state index is 0. The Morgan fingerprint density at radius 3 is 0.800 bits per heavy atom. The molecule has 0 fully saturated rings. The number of hydrogen-bond donors (Lipinski definition) is 0. The molecule has 0 aliphatic heterocycles. The molecule has 1 aliphatic carbocycles. The minimum Gasteiger partial charge on any atom is -0.793 e. The van der Waals surface area contributed by atoms with Crippen molar-refractivity contribution in [3.63, 3.8) is 0 Å². The molecule has 0 spiro atoms. The summed E-state index contributed by atoms with van der Waals surface area (Å²) in [4.78, 5) is 0. The Kier molecular flexibility index (Phi) is 252. The second-order valence-corrected chi connectivity index (χ2v) is 5.01. The summed E-state index contributed by atoms with van der Waals surface area (Å²) in [6.07, 6.45) is 4.19. The van der Waals surface area contributed by atoms with Crippen molar-refractivity contribution in [1.29, 1.82) is 0 Å². The molecule has 0 atom stereocenters. The summed E-state index contributed by atoms with van der Waals surface area (Å²) in [5.74, 6) is 9.35. The summed E-state index contributed by atoms with van der Waals surface area (Å²) >= 11 is 22.0. The first kappa shape index (κ1) is 63.2. The van der Waals surface area contributed by atoms with E-state index in [-0.39, 0.29) is 138 Å². The fourth-order valence-corrected chi connectivity index (χ4v) is 0.180. The summed E-state index contributed by atoms with van der Waals surface area (Å²) in [5.41, 5.74) is 2.62. The number of allylic oxidation sites excluding steroid dienone is 1. The molecule has 0 saturated carbocycles. The summed E-state index contributed by atoms with van der Waals surface area (Å²) in [6, 6.07) is 0. The van der Waals surface area contributed by atoms with Gasteiger partial charge in [-0.1, -0.05) is 52.2 Å². The summed E-state index contributed by atoms with van der Waals surface area (Å²) in [5, 5.41) is 0. The van der Waals surface area contributed by atoms with E-state index in [1.807, 2.05) is 34.6 Å². The average Bonchev–Trinajstić information content (AvgIpc) is 2.91. The second-order valence-electron chi connectivity index (χ2n) is 2.13. The Labute approximate surface area is 288 Å². The maximum atomic E-state index is 4.39. The van der Waals surface area contributed by atoms with Gasteiger partial charge in [-0.15, -0.1) is 0 Å². The molecule has 0 heterocycles. The van der Waals surface area contributed by atoms with Crippen LogP contribution < -0.4 is 0 Å². The largest absolute Gasteiger partial charge is 1.00 e. The van der Waals surface area contributed by atoms with Crippen LogP contribution >= 0.6 is 0 Å². The van der Waals surface area contributed by atoms with Crippen molar-refractivity contribution in [3.05, 3.63) is 17.9 Å². The Morgan fingerprint density at radius 1 is 0.560 bits per heavy atom. The van der Waals surface area contributed by atoms with Crippen molar-refractivity contribution < 1.29 is 138 Å². The third-order valence-corrected chi connectivity index (χ3v) is 0.351. The normalized spacial score (nSPS) is 5.84. The Balaban J connectivity index is -0.0000000132. The van der Waals surface area contributed by atoms with Gasteiger partial charge in [-0.25, -0.2) is 0 Å².